The Balaban J connectivity index is 3.20. The third-order valence-corrected chi connectivity index (χ3v) is 1.45. The van der Waals surface area contributed by atoms with E-state index in [2.05, 4.69) is 9.72 Å². The second-order valence-electron chi connectivity index (χ2n) is 2.35. The molecule has 0 aliphatic rings. The molecule has 0 radical (unpaired) electrons. The van der Waals surface area contributed by atoms with E-state index in [-0.39, 0.29) is 5.75 Å². The van der Waals surface area contributed by atoms with Crippen molar-refractivity contribution in [3.05, 3.63) is 27.9 Å². The number of methoxy groups -OCH3 is 1. The summed E-state index contributed by atoms with van der Waals surface area (Å²) >= 11 is 0. The molecule has 0 spiro atoms. The number of aromatic nitrogens is 1. The standard InChI is InChI=1S/C7H6F2N2O3/c1-14-4-2-5(7(8)9)10-6(3-4)11(12)13/h2-3,7H,1H3. The minimum Gasteiger partial charge on any atom is -0.496 e. The molecule has 0 atom stereocenters. The Morgan fingerprint density at radius 1 is 1.57 bits per heavy atom. The normalized spacial score (nSPS) is 10.3. The van der Waals surface area contributed by atoms with E-state index in [9.17, 15) is 18.9 Å². The minimum absolute atomic E-state index is 0.0120. The van der Waals surface area contributed by atoms with Crippen molar-refractivity contribution in [3.8, 4) is 5.75 Å². The van der Waals surface area contributed by atoms with Crippen LogP contribution in [-0.2, 0) is 0 Å². The van der Waals surface area contributed by atoms with Gasteiger partial charge in [-0.25, -0.2) is 8.78 Å². The molecule has 0 aliphatic carbocycles. The monoisotopic (exact) mass is 204 g/mol. The van der Waals surface area contributed by atoms with Crippen LogP contribution in [0.15, 0.2) is 12.1 Å². The van der Waals surface area contributed by atoms with E-state index in [0.29, 0.717) is 0 Å². The van der Waals surface area contributed by atoms with Gasteiger partial charge in [-0.15, -0.1) is 0 Å². The molecule has 1 aromatic rings. The Morgan fingerprint density at radius 2 is 2.21 bits per heavy atom. The first-order valence-corrected chi connectivity index (χ1v) is 3.53. The molecule has 0 saturated carbocycles. The van der Waals surface area contributed by atoms with Crippen LogP contribution in [0.5, 0.6) is 5.75 Å². The maximum absolute atomic E-state index is 12.2. The molecule has 0 saturated heterocycles. The minimum atomic E-state index is -2.86. The molecule has 76 valence electrons. The molecule has 5 nitrogen and oxygen atoms in total. The summed E-state index contributed by atoms with van der Waals surface area (Å²) in [6.07, 6.45) is -2.86. The molecule has 0 N–H and O–H groups in total. The highest BCUT2D eigenvalue weighted by atomic mass is 19.3. The van der Waals surface area contributed by atoms with Crippen molar-refractivity contribution in [2.75, 3.05) is 7.11 Å². The number of rotatable bonds is 3. The lowest BCUT2D eigenvalue weighted by Gasteiger charge is -2.00. The number of nitrogens with zero attached hydrogens (tertiary/aromatic N) is 2. The van der Waals surface area contributed by atoms with Crippen molar-refractivity contribution >= 4 is 5.82 Å². The second kappa shape index (κ2) is 3.95. The van der Waals surface area contributed by atoms with Gasteiger partial charge in [0.25, 0.3) is 0 Å². The first-order chi connectivity index (χ1) is 6.54. The van der Waals surface area contributed by atoms with Gasteiger partial charge >= 0.3 is 12.2 Å². The summed E-state index contributed by atoms with van der Waals surface area (Å²) in [7, 11) is 1.23. The van der Waals surface area contributed by atoms with Crippen molar-refractivity contribution in [2.45, 2.75) is 6.43 Å². The van der Waals surface area contributed by atoms with Crippen LogP contribution in [0.25, 0.3) is 0 Å². The smallest absolute Gasteiger partial charge is 0.367 e. The van der Waals surface area contributed by atoms with Crippen LogP contribution in [0, 0.1) is 10.1 Å². The maximum Gasteiger partial charge on any atom is 0.367 e. The van der Waals surface area contributed by atoms with Crippen molar-refractivity contribution in [2.24, 2.45) is 0 Å². The fraction of sp³-hybridized carbons (Fsp3) is 0.286. The lowest BCUT2D eigenvalue weighted by atomic mass is 10.3. The van der Waals surface area contributed by atoms with Crippen LogP contribution < -0.4 is 4.74 Å². The summed E-state index contributed by atoms with van der Waals surface area (Å²) < 4.78 is 29.0. The van der Waals surface area contributed by atoms with Crippen LogP contribution in [0.2, 0.25) is 0 Å². The predicted octanol–water partition coefficient (Wildman–Crippen LogP) is 1.94. The van der Waals surface area contributed by atoms with E-state index in [0.717, 1.165) is 12.1 Å². The molecule has 0 aliphatic heterocycles. The van der Waals surface area contributed by atoms with E-state index in [1.807, 2.05) is 0 Å². The molecule has 14 heavy (non-hydrogen) atoms. The van der Waals surface area contributed by atoms with Crippen LogP contribution in [0.3, 0.4) is 0 Å². The fourth-order valence-electron chi connectivity index (χ4n) is 0.835. The molecule has 0 bridgehead atoms. The molecule has 0 unspecified atom stereocenters. The predicted molar refractivity (Wildman–Crippen MR) is 42.4 cm³/mol. The average Bonchev–Trinajstić information content (AvgIpc) is 2.16. The first-order valence-electron chi connectivity index (χ1n) is 3.53. The topological polar surface area (TPSA) is 65.3 Å². The third-order valence-electron chi connectivity index (χ3n) is 1.45. The van der Waals surface area contributed by atoms with Gasteiger partial charge in [-0.1, -0.05) is 0 Å². The van der Waals surface area contributed by atoms with Gasteiger partial charge in [-0.3, -0.25) is 0 Å². The highest BCUT2D eigenvalue weighted by Crippen LogP contribution is 2.25. The Labute approximate surface area is 77.5 Å². The molecule has 0 aromatic carbocycles. The van der Waals surface area contributed by atoms with Gasteiger partial charge in [0, 0.05) is 6.07 Å². The zero-order valence-electron chi connectivity index (χ0n) is 7.11. The number of halogens is 2. The number of ether oxygens (including phenoxy) is 1. The van der Waals surface area contributed by atoms with Crippen LogP contribution in [0.1, 0.15) is 12.1 Å². The Kier molecular flexibility index (Phi) is 2.90. The zero-order valence-corrected chi connectivity index (χ0v) is 7.11. The summed E-state index contributed by atoms with van der Waals surface area (Å²) in [4.78, 5) is 12.6. The number of pyridine rings is 1. The molecule has 1 aromatic heterocycles. The Morgan fingerprint density at radius 3 is 2.64 bits per heavy atom. The SMILES string of the molecule is COc1cc(C(F)F)nc([N+](=O)[O-])c1. The average molecular weight is 204 g/mol. The zero-order chi connectivity index (χ0) is 10.7. The van der Waals surface area contributed by atoms with Gasteiger partial charge in [0.15, 0.2) is 0 Å². The van der Waals surface area contributed by atoms with Crippen LogP contribution in [-0.4, -0.2) is 17.0 Å². The molecular weight excluding hydrogens is 198 g/mol. The van der Waals surface area contributed by atoms with E-state index >= 15 is 0 Å². The summed E-state index contributed by atoms with van der Waals surface area (Å²) in [6.45, 7) is 0. The fourth-order valence-corrected chi connectivity index (χ4v) is 0.835. The second-order valence-corrected chi connectivity index (χ2v) is 2.35. The number of hydrogen-bond acceptors (Lipinski definition) is 4. The number of hydrogen-bond donors (Lipinski definition) is 0. The van der Waals surface area contributed by atoms with Crippen molar-refractivity contribution in [1.82, 2.24) is 4.98 Å². The van der Waals surface area contributed by atoms with Crippen LogP contribution >= 0.6 is 0 Å². The molecule has 0 fully saturated rings. The van der Waals surface area contributed by atoms with E-state index in [1.165, 1.54) is 7.11 Å². The molecular formula is C7H6F2N2O3. The first kappa shape index (κ1) is 10.3. The summed E-state index contributed by atoms with van der Waals surface area (Å²) in [5, 5.41) is 10.3. The maximum atomic E-state index is 12.2. The molecule has 0 amide bonds. The highest BCUT2D eigenvalue weighted by Gasteiger charge is 2.20. The van der Waals surface area contributed by atoms with Gasteiger partial charge in [-0.2, -0.15) is 0 Å². The number of alkyl halides is 2. The molecule has 1 heterocycles. The summed E-state index contributed by atoms with van der Waals surface area (Å²) in [6, 6.07) is 1.93. The van der Waals surface area contributed by atoms with E-state index in [4.69, 9.17) is 0 Å². The van der Waals surface area contributed by atoms with Gasteiger partial charge in [-0.05, 0) is 9.91 Å². The lowest BCUT2D eigenvalue weighted by molar-refractivity contribution is -0.389. The largest absolute Gasteiger partial charge is 0.496 e. The lowest BCUT2D eigenvalue weighted by Crippen LogP contribution is -1.98. The quantitative estimate of drug-likeness (QED) is 0.557. The Bertz CT molecular complexity index is 357. The summed E-state index contributed by atoms with van der Waals surface area (Å²) in [5.74, 6) is -0.665. The van der Waals surface area contributed by atoms with Gasteiger partial charge in [0.05, 0.1) is 13.2 Å². The van der Waals surface area contributed by atoms with E-state index in [1.54, 1.807) is 0 Å². The van der Waals surface area contributed by atoms with E-state index < -0.39 is 22.9 Å². The molecule has 7 heteroatoms. The summed E-state index contributed by atoms with van der Waals surface area (Å²) in [5.41, 5.74) is -0.670. The van der Waals surface area contributed by atoms with Crippen molar-refractivity contribution in [1.29, 1.82) is 0 Å². The van der Waals surface area contributed by atoms with Gasteiger partial charge < -0.3 is 14.9 Å². The number of nitro groups is 1. The molecule has 1 rings (SSSR count). The van der Waals surface area contributed by atoms with Gasteiger partial charge in [0.1, 0.15) is 5.75 Å². The van der Waals surface area contributed by atoms with Crippen molar-refractivity contribution < 1.29 is 18.4 Å². The van der Waals surface area contributed by atoms with Gasteiger partial charge in [0.2, 0.25) is 5.69 Å². The third kappa shape index (κ3) is 2.12. The Hall–Kier alpha value is -1.79. The highest BCUT2D eigenvalue weighted by molar-refractivity contribution is 5.34. The van der Waals surface area contributed by atoms with Crippen LogP contribution in [0.4, 0.5) is 14.6 Å². The van der Waals surface area contributed by atoms with Crippen molar-refractivity contribution in [3.63, 3.8) is 0 Å².